The summed E-state index contributed by atoms with van der Waals surface area (Å²) in [7, 11) is 0. The molecule has 0 N–H and O–H groups in total. The van der Waals surface area contributed by atoms with Gasteiger partial charge in [0.25, 0.3) is 0 Å². The second-order valence-corrected chi connectivity index (χ2v) is 15.4. The van der Waals surface area contributed by atoms with E-state index < -0.39 is 0 Å². The highest BCUT2D eigenvalue weighted by Gasteiger charge is 2.46. The minimum absolute atomic E-state index is 0.273. The van der Waals surface area contributed by atoms with Crippen LogP contribution in [0.2, 0.25) is 0 Å². The molecule has 3 heteroatoms. The van der Waals surface area contributed by atoms with Gasteiger partial charge in [-0.2, -0.15) is 0 Å². The first-order chi connectivity index (χ1) is 25.2. The fourth-order valence-corrected chi connectivity index (χ4v) is 9.39. The van der Waals surface area contributed by atoms with Crippen LogP contribution in [0.5, 0.6) is 0 Å². The lowest BCUT2D eigenvalue weighted by atomic mass is 9.71. The monoisotopic (exact) mass is 671 g/mol. The molecule has 3 nitrogen and oxygen atoms in total. The van der Waals surface area contributed by atoms with Crippen LogP contribution in [0.25, 0.3) is 39.4 Å². The average molecular weight is 672 g/mol. The van der Waals surface area contributed by atoms with Crippen LogP contribution in [0.1, 0.15) is 62.6 Å². The largest absolute Gasteiger partial charge is 0.309 e. The van der Waals surface area contributed by atoms with Crippen molar-refractivity contribution in [2.75, 3.05) is 9.80 Å². The number of allylic oxidation sites excluding steroid dienone is 2. The summed E-state index contributed by atoms with van der Waals surface area (Å²) in [5.41, 5.74) is 19.2. The van der Waals surface area contributed by atoms with Gasteiger partial charge >= 0.3 is 0 Å². The van der Waals surface area contributed by atoms with Crippen molar-refractivity contribution in [2.45, 2.75) is 45.4 Å². The summed E-state index contributed by atoms with van der Waals surface area (Å²) < 4.78 is 2.49. The number of benzene rings is 6. The first-order valence-corrected chi connectivity index (χ1v) is 18.4. The van der Waals surface area contributed by atoms with Crippen LogP contribution in [0.15, 0.2) is 146 Å². The first-order valence-electron chi connectivity index (χ1n) is 18.4. The molecule has 2 aliphatic heterocycles. The fourth-order valence-electron chi connectivity index (χ4n) is 9.39. The van der Waals surface area contributed by atoms with E-state index in [0.29, 0.717) is 0 Å². The Morgan fingerprint density at radius 1 is 0.558 bits per heavy atom. The van der Waals surface area contributed by atoms with Gasteiger partial charge in [0.15, 0.2) is 0 Å². The Hall–Kier alpha value is -6.06. The molecule has 6 aromatic carbocycles. The minimum Gasteiger partial charge on any atom is -0.309 e. The highest BCUT2D eigenvalue weighted by molar-refractivity contribution is 6.07. The van der Waals surface area contributed by atoms with Gasteiger partial charge < -0.3 is 14.4 Å². The lowest BCUT2D eigenvalue weighted by Crippen LogP contribution is -2.29. The van der Waals surface area contributed by atoms with E-state index in [1.54, 1.807) is 0 Å². The normalized spacial score (nSPS) is 16.0. The van der Waals surface area contributed by atoms with E-state index in [9.17, 15) is 0 Å². The molecule has 0 atom stereocenters. The number of nitrogens with zero attached hydrogens (tertiary/aromatic N) is 3. The third kappa shape index (κ3) is 3.91. The van der Waals surface area contributed by atoms with Crippen molar-refractivity contribution in [3.8, 4) is 16.8 Å². The highest BCUT2D eigenvalue weighted by Crippen LogP contribution is 2.63. The van der Waals surface area contributed by atoms with E-state index in [1.165, 1.54) is 72.7 Å². The molecule has 252 valence electrons. The summed E-state index contributed by atoms with van der Waals surface area (Å²) >= 11 is 0. The number of aromatic nitrogens is 1. The molecule has 0 radical (unpaired) electrons. The Balaban J connectivity index is 1.29. The number of hydrogen-bond donors (Lipinski definition) is 0. The van der Waals surface area contributed by atoms with E-state index in [2.05, 4.69) is 195 Å². The molecule has 10 rings (SSSR count). The summed E-state index contributed by atoms with van der Waals surface area (Å²) in [4.78, 5) is 4.95. The molecular formula is C49H41N3. The van der Waals surface area contributed by atoms with Crippen molar-refractivity contribution in [1.82, 2.24) is 4.57 Å². The third-order valence-electron chi connectivity index (χ3n) is 11.9. The number of hydrogen-bond acceptors (Lipinski definition) is 2. The molecule has 0 bridgehead atoms. The maximum absolute atomic E-state index is 4.80. The Bertz CT molecular complexity index is 2650. The Morgan fingerprint density at radius 2 is 1.17 bits per heavy atom. The maximum atomic E-state index is 4.80. The predicted octanol–water partition coefficient (Wildman–Crippen LogP) is 13.5. The second kappa shape index (κ2) is 10.7. The lowest BCUT2D eigenvalue weighted by molar-refractivity contribution is 0.647. The van der Waals surface area contributed by atoms with E-state index >= 15 is 0 Å². The molecule has 7 aromatic rings. The van der Waals surface area contributed by atoms with Gasteiger partial charge in [-0.15, -0.1) is 0 Å². The van der Waals surface area contributed by atoms with Crippen molar-refractivity contribution in [3.63, 3.8) is 0 Å². The van der Waals surface area contributed by atoms with Gasteiger partial charge in [0.2, 0.25) is 0 Å². The van der Waals surface area contributed by atoms with Gasteiger partial charge in [-0.3, -0.25) is 0 Å². The topological polar surface area (TPSA) is 11.4 Å². The molecule has 0 spiro atoms. The van der Waals surface area contributed by atoms with Crippen LogP contribution >= 0.6 is 0 Å². The third-order valence-corrected chi connectivity index (χ3v) is 11.9. The van der Waals surface area contributed by atoms with Crippen LogP contribution in [-0.4, -0.2) is 4.57 Å². The van der Waals surface area contributed by atoms with Gasteiger partial charge in [0, 0.05) is 33.2 Å². The number of rotatable bonds is 3. The predicted molar refractivity (Wildman–Crippen MR) is 221 cm³/mol. The van der Waals surface area contributed by atoms with E-state index in [-0.39, 0.29) is 10.8 Å². The van der Waals surface area contributed by atoms with Crippen molar-refractivity contribution in [3.05, 3.63) is 174 Å². The van der Waals surface area contributed by atoms with Gasteiger partial charge in [-0.1, -0.05) is 119 Å². The summed E-state index contributed by atoms with van der Waals surface area (Å²) in [5.74, 6) is 0. The molecule has 0 saturated carbocycles. The summed E-state index contributed by atoms with van der Waals surface area (Å²) in [6, 6.07) is 49.1. The van der Waals surface area contributed by atoms with Crippen molar-refractivity contribution in [2.24, 2.45) is 0 Å². The number of fused-ring (bicyclic) bond motifs is 11. The quantitative estimate of drug-likeness (QED) is 0.185. The summed E-state index contributed by atoms with van der Waals surface area (Å²) in [5, 5.41) is 1.26. The Morgan fingerprint density at radius 3 is 1.87 bits per heavy atom. The molecule has 0 saturated heterocycles. The van der Waals surface area contributed by atoms with Crippen molar-refractivity contribution in [1.29, 1.82) is 0 Å². The molecule has 0 fully saturated rings. The number of anilines is 6. The van der Waals surface area contributed by atoms with Crippen molar-refractivity contribution < 1.29 is 0 Å². The van der Waals surface area contributed by atoms with Gasteiger partial charge in [0.1, 0.15) is 0 Å². The van der Waals surface area contributed by atoms with Crippen LogP contribution in [0.4, 0.5) is 34.1 Å². The molecule has 0 unspecified atom stereocenters. The lowest BCUT2D eigenvalue weighted by Gasteiger charge is -2.43. The highest BCUT2D eigenvalue weighted by atomic mass is 15.3. The molecular weight excluding hydrogens is 631 g/mol. The smallest absolute Gasteiger partial charge is 0.0750 e. The zero-order chi connectivity index (χ0) is 35.5. The van der Waals surface area contributed by atoms with Crippen LogP contribution < -0.4 is 9.80 Å². The fraction of sp³-hybridized carbons (Fsp3) is 0.143. The zero-order valence-corrected chi connectivity index (χ0v) is 30.4. The molecule has 1 aromatic heterocycles. The first kappa shape index (κ1) is 30.7. The molecule has 3 aliphatic rings. The zero-order valence-electron chi connectivity index (χ0n) is 30.4. The molecule has 52 heavy (non-hydrogen) atoms. The van der Waals surface area contributed by atoms with E-state index in [0.717, 1.165) is 22.6 Å². The average Bonchev–Trinajstić information content (AvgIpc) is 3.61. The number of para-hydroxylation sites is 5. The maximum Gasteiger partial charge on any atom is 0.0750 e. The molecule has 0 amide bonds. The Kier molecular flexibility index (Phi) is 6.34. The van der Waals surface area contributed by atoms with Crippen LogP contribution in [0.3, 0.4) is 0 Å². The van der Waals surface area contributed by atoms with Crippen molar-refractivity contribution >= 4 is 56.7 Å². The van der Waals surface area contributed by atoms with Crippen LogP contribution in [-0.2, 0) is 10.8 Å². The standard InChI is InChI=1S/C49H41N3/c1-7-18-36-34-23-14-15-24-40(34)52-44-30-38-37(29-39(44)48(3,4)31(2)46(36)52)35-27-28-43-47(45(35)49(38,5)6)51(33-21-12-9-13-22-33)42-26-17-16-25-41(42)50(43)32-19-10-8-11-20-32/h7-30H,2H2,1,3-6H3. The molecule has 3 heterocycles. The van der Waals surface area contributed by atoms with Gasteiger partial charge in [0.05, 0.1) is 39.6 Å². The van der Waals surface area contributed by atoms with E-state index in [4.69, 9.17) is 6.58 Å². The van der Waals surface area contributed by atoms with Gasteiger partial charge in [-0.25, -0.2) is 0 Å². The SMILES string of the molecule is C=C1c2c(C=CC)c3ccccc3n2-c2cc3c(cc2C1(C)C)-c1ccc2c(c1C3(C)C)N(c1ccccc1)c1ccccc1N2c1ccccc1. The minimum atomic E-state index is -0.305. The van der Waals surface area contributed by atoms with Crippen LogP contribution in [0, 0.1) is 0 Å². The Labute approximate surface area is 306 Å². The summed E-state index contributed by atoms with van der Waals surface area (Å²) in [6.45, 7) is 16.5. The second-order valence-electron chi connectivity index (χ2n) is 15.4. The van der Waals surface area contributed by atoms with Gasteiger partial charge in [-0.05, 0) is 101 Å². The van der Waals surface area contributed by atoms with E-state index in [1.807, 2.05) is 0 Å². The molecule has 1 aliphatic carbocycles. The summed E-state index contributed by atoms with van der Waals surface area (Å²) in [6.07, 6.45) is 4.41.